The third kappa shape index (κ3) is 4.44. The smallest absolute Gasteiger partial charge is 0.308 e. The number of thiazole rings is 1. The molecular weight excluding hydrogens is 346 g/mol. The fourth-order valence-electron chi connectivity index (χ4n) is 1.98. The number of aromatic nitrogens is 4. The Bertz CT molecular complexity index is 877. The summed E-state index contributed by atoms with van der Waals surface area (Å²) in [5, 5.41) is 17.0. The quantitative estimate of drug-likeness (QED) is 0.362. The Morgan fingerprint density at radius 2 is 2.28 bits per heavy atom. The normalized spacial score (nSPS) is 10.6. The molecule has 0 aliphatic heterocycles. The second-order valence-corrected chi connectivity index (χ2v) is 5.85. The average Bonchev–Trinajstić information content (AvgIpc) is 3.28. The second kappa shape index (κ2) is 7.62. The highest BCUT2D eigenvalue weighted by Gasteiger charge is 2.11. The number of nitro groups is 1. The van der Waals surface area contributed by atoms with Crippen molar-refractivity contribution in [3.05, 3.63) is 58.0 Å². The number of rotatable bonds is 7. The van der Waals surface area contributed by atoms with Gasteiger partial charge in [-0.05, 0) is 12.1 Å². The summed E-state index contributed by atoms with van der Waals surface area (Å²) in [6.07, 6.45) is 4.17. The Morgan fingerprint density at radius 1 is 1.40 bits per heavy atom. The first-order valence-electron chi connectivity index (χ1n) is 7.30. The maximum absolute atomic E-state index is 11.8. The minimum Gasteiger partial charge on any atom is -0.459 e. The highest BCUT2D eigenvalue weighted by Crippen LogP contribution is 2.21. The second-order valence-electron chi connectivity index (χ2n) is 4.99. The lowest BCUT2D eigenvalue weighted by Gasteiger charge is -2.03. The summed E-state index contributed by atoms with van der Waals surface area (Å²) in [5.41, 5.74) is 1.30. The molecule has 9 nitrogen and oxygen atoms in total. The molecule has 0 radical (unpaired) electrons. The van der Waals surface area contributed by atoms with Crippen LogP contribution in [0, 0.1) is 10.1 Å². The SMILES string of the molecule is O=C(CCn1cc([N+](=O)[O-])cn1)OCc1csc(-c2ccccn2)n1. The van der Waals surface area contributed by atoms with Gasteiger partial charge in [-0.25, -0.2) is 4.98 Å². The largest absolute Gasteiger partial charge is 0.459 e. The molecule has 0 aliphatic carbocycles. The molecule has 25 heavy (non-hydrogen) atoms. The third-order valence-electron chi connectivity index (χ3n) is 3.19. The highest BCUT2D eigenvalue weighted by molar-refractivity contribution is 7.13. The number of carbonyl (C=O) groups excluding carboxylic acids is 1. The van der Waals surface area contributed by atoms with Crippen molar-refractivity contribution >= 4 is 23.0 Å². The lowest BCUT2D eigenvalue weighted by Crippen LogP contribution is -2.09. The van der Waals surface area contributed by atoms with E-state index in [1.165, 1.54) is 22.2 Å². The molecule has 0 aromatic carbocycles. The van der Waals surface area contributed by atoms with Gasteiger partial charge in [-0.2, -0.15) is 5.10 Å². The van der Waals surface area contributed by atoms with Gasteiger partial charge in [0.15, 0.2) is 0 Å². The van der Waals surface area contributed by atoms with E-state index in [4.69, 9.17) is 4.74 Å². The fraction of sp³-hybridized carbons (Fsp3) is 0.200. The minimum absolute atomic E-state index is 0.0655. The Labute approximate surface area is 146 Å². The van der Waals surface area contributed by atoms with Crippen LogP contribution in [0.3, 0.4) is 0 Å². The van der Waals surface area contributed by atoms with Crippen LogP contribution in [0.15, 0.2) is 42.2 Å². The van der Waals surface area contributed by atoms with Crippen LogP contribution < -0.4 is 0 Å². The molecule has 3 aromatic heterocycles. The summed E-state index contributed by atoms with van der Waals surface area (Å²) in [6.45, 7) is 0.282. The van der Waals surface area contributed by atoms with Crippen molar-refractivity contribution < 1.29 is 14.5 Å². The van der Waals surface area contributed by atoms with Crippen molar-refractivity contribution in [1.29, 1.82) is 0 Å². The summed E-state index contributed by atoms with van der Waals surface area (Å²) in [6, 6.07) is 5.56. The summed E-state index contributed by atoms with van der Waals surface area (Å²) in [4.78, 5) is 30.4. The van der Waals surface area contributed by atoms with Gasteiger partial charge in [0, 0.05) is 11.6 Å². The van der Waals surface area contributed by atoms with Gasteiger partial charge in [0.25, 0.3) is 0 Å². The molecule has 0 saturated heterocycles. The van der Waals surface area contributed by atoms with E-state index in [0.29, 0.717) is 5.69 Å². The van der Waals surface area contributed by atoms with E-state index in [9.17, 15) is 14.9 Å². The average molecular weight is 359 g/mol. The molecule has 0 N–H and O–H groups in total. The molecule has 3 rings (SSSR count). The predicted molar refractivity (Wildman–Crippen MR) is 88.6 cm³/mol. The van der Waals surface area contributed by atoms with Crippen molar-refractivity contribution in [3.63, 3.8) is 0 Å². The number of esters is 1. The van der Waals surface area contributed by atoms with Crippen LogP contribution in [0.1, 0.15) is 12.1 Å². The summed E-state index contributed by atoms with van der Waals surface area (Å²) < 4.78 is 6.50. The Morgan fingerprint density at radius 3 is 3.00 bits per heavy atom. The van der Waals surface area contributed by atoms with Crippen molar-refractivity contribution in [2.75, 3.05) is 0 Å². The molecule has 0 saturated carbocycles. The van der Waals surface area contributed by atoms with Gasteiger partial charge < -0.3 is 4.74 Å². The lowest BCUT2D eigenvalue weighted by molar-refractivity contribution is -0.385. The van der Waals surface area contributed by atoms with E-state index >= 15 is 0 Å². The number of carbonyl (C=O) groups is 1. The molecule has 0 bridgehead atoms. The maximum Gasteiger partial charge on any atom is 0.308 e. The van der Waals surface area contributed by atoms with Crippen LogP contribution >= 0.6 is 11.3 Å². The maximum atomic E-state index is 11.8. The fourth-order valence-corrected chi connectivity index (χ4v) is 2.76. The van der Waals surface area contributed by atoms with Crippen LogP contribution in [0.2, 0.25) is 0 Å². The summed E-state index contributed by atoms with van der Waals surface area (Å²) >= 11 is 1.43. The van der Waals surface area contributed by atoms with Gasteiger partial charge in [0.2, 0.25) is 0 Å². The van der Waals surface area contributed by atoms with Crippen LogP contribution in [0.25, 0.3) is 10.7 Å². The van der Waals surface area contributed by atoms with Crippen LogP contribution in [0.4, 0.5) is 5.69 Å². The molecule has 0 spiro atoms. The molecule has 10 heteroatoms. The number of nitrogens with zero attached hydrogens (tertiary/aromatic N) is 5. The third-order valence-corrected chi connectivity index (χ3v) is 4.11. The van der Waals surface area contributed by atoms with Crippen LogP contribution in [0.5, 0.6) is 0 Å². The van der Waals surface area contributed by atoms with E-state index in [0.717, 1.165) is 16.9 Å². The van der Waals surface area contributed by atoms with Crippen LogP contribution in [-0.2, 0) is 22.7 Å². The Hall–Kier alpha value is -3.14. The van der Waals surface area contributed by atoms with Gasteiger partial charge >= 0.3 is 11.7 Å². The Balaban J connectivity index is 1.47. The van der Waals surface area contributed by atoms with Gasteiger partial charge in [-0.3, -0.25) is 24.6 Å². The molecule has 0 fully saturated rings. The number of aryl methyl sites for hydroxylation is 1. The zero-order chi connectivity index (χ0) is 17.6. The first kappa shape index (κ1) is 16.7. The van der Waals surface area contributed by atoms with Crippen LogP contribution in [-0.4, -0.2) is 30.6 Å². The number of ether oxygens (including phenoxy) is 1. The molecule has 3 aromatic rings. The molecule has 0 amide bonds. The molecule has 0 unspecified atom stereocenters. The lowest BCUT2D eigenvalue weighted by atomic mass is 10.4. The number of hydrogen-bond acceptors (Lipinski definition) is 8. The van der Waals surface area contributed by atoms with Gasteiger partial charge in [-0.15, -0.1) is 11.3 Å². The molecule has 0 atom stereocenters. The summed E-state index contributed by atoms with van der Waals surface area (Å²) in [5.74, 6) is -0.425. The van der Waals surface area contributed by atoms with Crippen molar-refractivity contribution in [2.24, 2.45) is 0 Å². The topological polar surface area (TPSA) is 113 Å². The summed E-state index contributed by atoms with van der Waals surface area (Å²) in [7, 11) is 0. The standard InChI is InChI=1S/C15H13N5O4S/c21-14(4-6-19-8-12(7-17-19)20(22)23)24-9-11-10-25-15(18-11)13-3-1-2-5-16-13/h1-3,5,7-8,10H,4,6,9H2. The molecule has 3 heterocycles. The minimum atomic E-state index is -0.538. The number of pyridine rings is 1. The van der Waals surface area contributed by atoms with E-state index in [-0.39, 0.29) is 25.3 Å². The molecule has 128 valence electrons. The van der Waals surface area contributed by atoms with E-state index in [1.807, 2.05) is 23.6 Å². The molecule has 0 aliphatic rings. The molecular formula is C15H13N5O4S. The van der Waals surface area contributed by atoms with Crippen molar-refractivity contribution in [3.8, 4) is 10.7 Å². The van der Waals surface area contributed by atoms with Crippen molar-refractivity contribution in [1.82, 2.24) is 19.7 Å². The van der Waals surface area contributed by atoms with Gasteiger partial charge in [0.1, 0.15) is 24.0 Å². The Kier molecular flexibility index (Phi) is 5.09. The highest BCUT2D eigenvalue weighted by atomic mass is 32.1. The van der Waals surface area contributed by atoms with Crippen molar-refractivity contribution in [2.45, 2.75) is 19.6 Å². The predicted octanol–water partition coefficient (Wildman–Crippen LogP) is 2.44. The van der Waals surface area contributed by atoms with Gasteiger partial charge in [-0.1, -0.05) is 6.07 Å². The zero-order valence-electron chi connectivity index (χ0n) is 12.9. The van der Waals surface area contributed by atoms with E-state index in [1.54, 1.807) is 6.20 Å². The monoisotopic (exact) mass is 359 g/mol. The first-order chi connectivity index (χ1) is 12.1. The zero-order valence-corrected chi connectivity index (χ0v) is 13.8. The van der Waals surface area contributed by atoms with E-state index in [2.05, 4.69) is 15.1 Å². The van der Waals surface area contributed by atoms with E-state index < -0.39 is 10.9 Å². The van der Waals surface area contributed by atoms with Gasteiger partial charge in [0.05, 0.1) is 29.3 Å². The first-order valence-corrected chi connectivity index (χ1v) is 8.18. The number of hydrogen-bond donors (Lipinski definition) is 0.